The van der Waals surface area contributed by atoms with Crippen molar-refractivity contribution in [1.29, 1.82) is 0 Å². The van der Waals surface area contributed by atoms with Gasteiger partial charge in [0.1, 0.15) is 0 Å². The first-order valence-corrected chi connectivity index (χ1v) is 8.13. The Labute approximate surface area is 158 Å². The molecular weight excluding hydrogens is 398 g/mol. The average Bonchev–Trinajstić information content (AvgIpc) is 2.52. The molecule has 1 aromatic carbocycles. The molecule has 1 aromatic heterocycles. The third-order valence-electron chi connectivity index (χ3n) is 3.00. The van der Waals surface area contributed by atoms with Crippen molar-refractivity contribution >= 4 is 58.4 Å². The molecule has 0 aliphatic heterocycles. The first kappa shape index (κ1) is 18.9. The third-order valence-corrected chi connectivity index (χ3v) is 3.99. The van der Waals surface area contributed by atoms with Gasteiger partial charge in [-0.25, -0.2) is 14.8 Å². The van der Waals surface area contributed by atoms with E-state index >= 15 is 0 Å². The summed E-state index contributed by atoms with van der Waals surface area (Å²) in [5.74, 6) is 0.124. The first-order chi connectivity index (χ1) is 11.3. The molecule has 0 saturated heterocycles. The van der Waals surface area contributed by atoms with E-state index in [2.05, 4.69) is 15.3 Å². The Hall–Kier alpha value is -1.47. The average molecular weight is 410 g/mol. The largest absolute Gasteiger partial charge is 0.465 e. The van der Waals surface area contributed by atoms with Gasteiger partial charge in [-0.05, 0) is 17.7 Å². The predicted octanol–water partition coefficient (Wildman–Crippen LogP) is 4.42. The fourth-order valence-electron chi connectivity index (χ4n) is 1.91. The highest BCUT2D eigenvalue weighted by Gasteiger charge is 2.40. The number of nitrogens with zero attached hydrogens (tertiary/aromatic N) is 3. The van der Waals surface area contributed by atoms with Crippen molar-refractivity contribution in [3.05, 3.63) is 53.3 Å². The number of amides is 1. The molecule has 1 amide bonds. The van der Waals surface area contributed by atoms with Crippen molar-refractivity contribution in [2.75, 3.05) is 5.32 Å². The summed E-state index contributed by atoms with van der Waals surface area (Å²) in [6, 6.07) is 8.41. The van der Waals surface area contributed by atoms with E-state index in [4.69, 9.17) is 46.4 Å². The van der Waals surface area contributed by atoms with Crippen molar-refractivity contribution in [2.24, 2.45) is 0 Å². The summed E-state index contributed by atoms with van der Waals surface area (Å²) in [5, 5.41) is 12.7. The zero-order chi connectivity index (χ0) is 17.7. The van der Waals surface area contributed by atoms with Crippen LogP contribution in [-0.2, 0) is 6.54 Å². The number of carboxylic acid groups (broad SMARTS) is 1. The number of aromatic nitrogens is 2. The summed E-state index contributed by atoms with van der Waals surface area (Å²) in [6.07, 6.45) is 0.418. The summed E-state index contributed by atoms with van der Waals surface area (Å²) in [5.41, 5.74) is 0.566. The summed E-state index contributed by atoms with van der Waals surface area (Å²) in [7, 11) is 0. The number of alkyl halides is 3. The van der Waals surface area contributed by atoms with Crippen LogP contribution in [0.15, 0.2) is 42.7 Å². The molecule has 0 fully saturated rings. The fourth-order valence-corrected chi connectivity index (χ4v) is 2.62. The minimum atomic E-state index is -1.97. The highest BCUT2D eigenvalue weighted by Crippen LogP contribution is 2.35. The Morgan fingerprint density at radius 1 is 1.21 bits per heavy atom. The van der Waals surface area contributed by atoms with E-state index in [0.29, 0.717) is 10.6 Å². The van der Waals surface area contributed by atoms with E-state index in [1.54, 1.807) is 30.3 Å². The Morgan fingerprint density at radius 2 is 1.83 bits per heavy atom. The predicted molar refractivity (Wildman–Crippen MR) is 94.8 cm³/mol. The zero-order valence-electron chi connectivity index (χ0n) is 12.0. The van der Waals surface area contributed by atoms with E-state index in [0.717, 1.165) is 4.90 Å². The van der Waals surface area contributed by atoms with Gasteiger partial charge in [0.25, 0.3) is 0 Å². The van der Waals surface area contributed by atoms with Gasteiger partial charge >= 0.3 is 6.09 Å². The van der Waals surface area contributed by atoms with Gasteiger partial charge < -0.3 is 10.4 Å². The second kappa shape index (κ2) is 8.07. The van der Waals surface area contributed by atoms with Gasteiger partial charge in [0.2, 0.25) is 9.74 Å². The topological polar surface area (TPSA) is 78.4 Å². The van der Waals surface area contributed by atoms with Crippen molar-refractivity contribution in [2.45, 2.75) is 16.5 Å². The SMILES string of the molecule is O=C(O)N(Cc1ccccc1Cl)C(Nc1ncccn1)C(Cl)(Cl)Cl. The standard InChI is InChI=1S/C14H12Cl4N4O2/c15-10-5-2-1-4-9(10)8-22(13(23)24)11(14(16,17)18)21-12-19-6-3-7-20-12/h1-7,11H,8H2,(H,23,24)(H,19,20,21). The lowest BCUT2D eigenvalue weighted by molar-refractivity contribution is 0.126. The number of benzene rings is 1. The van der Waals surface area contributed by atoms with Gasteiger partial charge in [-0.15, -0.1) is 0 Å². The number of anilines is 1. The van der Waals surface area contributed by atoms with Crippen LogP contribution in [0.4, 0.5) is 10.7 Å². The van der Waals surface area contributed by atoms with Gasteiger partial charge in [-0.3, -0.25) is 4.90 Å². The molecule has 0 radical (unpaired) electrons. The molecule has 0 aliphatic rings. The maximum Gasteiger partial charge on any atom is 0.409 e. The minimum absolute atomic E-state index is 0.0899. The lowest BCUT2D eigenvalue weighted by Gasteiger charge is -2.34. The van der Waals surface area contributed by atoms with Crippen LogP contribution in [-0.4, -0.2) is 36.0 Å². The Kier molecular flexibility index (Phi) is 6.34. The molecule has 1 unspecified atom stereocenters. The maximum atomic E-state index is 11.7. The molecular formula is C14H12Cl4N4O2. The van der Waals surface area contributed by atoms with Crippen molar-refractivity contribution in [3.8, 4) is 0 Å². The third kappa shape index (κ3) is 5.01. The van der Waals surface area contributed by atoms with Crippen LogP contribution < -0.4 is 5.32 Å². The van der Waals surface area contributed by atoms with Crippen LogP contribution >= 0.6 is 46.4 Å². The van der Waals surface area contributed by atoms with Crippen LogP contribution in [0.1, 0.15) is 5.56 Å². The fraction of sp³-hybridized carbons (Fsp3) is 0.214. The van der Waals surface area contributed by atoms with Gasteiger partial charge in [-0.1, -0.05) is 64.6 Å². The van der Waals surface area contributed by atoms with E-state index in [-0.39, 0.29) is 12.5 Å². The molecule has 1 atom stereocenters. The van der Waals surface area contributed by atoms with Gasteiger partial charge in [0.05, 0.1) is 6.54 Å². The van der Waals surface area contributed by atoms with E-state index in [1.807, 2.05) is 0 Å². The van der Waals surface area contributed by atoms with Crippen LogP contribution in [0, 0.1) is 0 Å². The molecule has 6 nitrogen and oxygen atoms in total. The normalized spacial score (nSPS) is 12.5. The minimum Gasteiger partial charge on any atom is -0.465 e. The molecule has 0 bridgehead atoms. The summed E-state index contributed by atoms with van der Waals surface area (Å²) >= 11 is 24.0. The smallest absolute Gasteiger partial charge is 0.409 e. The highest BCUT2D eigenvalue weighted by atomic mass is 35.6. The van der Waals surface area contributed by atoms with Crippen LogP contribution in [0.25, 0.3) is 0 Å². The summed E-state index contributed by atoms with van der Waals surface area (Å²) < 4.78 is -1.97. The number of nitrogens with one attached hydrogen (secondary N) is 1. The van der Waals surface area contributed by atoms with E-state index in [9.17, 15) is 9.90 Å². The summed E-state index contributed by atoms with van der Waals surface area (Å²) in [6.45, 7) is -0.0899. The van der Waals surface area contributed by atoms with Crippen LogP contribution in [0.3, 0.4) is 0 Å². The maximum absolute atomic E-state index is 11.7. The van der Waals surface area contributed by atoms with Crippen molar-refractivity contribution in [1.82, 2.24) is 14.9 Å². The van der Waals surface area contributed by atoms with Gasteiger partial charge in [0.15, 0.2) is 6.17 Å². The van der Waals surface area contributed by atoms with E-state index in [1.165, 1.54) is 12.4 Å². The van der Waals surface area contributed by atoms with Crippen molar-refractivity contribution in [3.63, 3.8) is 0 Å². The number of hydrogen-bond acceptors (Lipinski definition) is 4. The lowest BCUT2D eigenvalue weighted by Crippen LogP contribution is -2.51. The van der Waals surface area contributed by atoms with Crippen LogP contribution in [0.5, 0.6) is 0 Å². The second-order valence-electron chi connectivity index (χ2n) is 4.66. The Balaban J connectivity index is 2.32. The monoisotopic (exact) mass is 408 g/mol. The molecule has 24 heavy (non-hydrogen) atoms. The molecule has 2 rings (SSSR count). The number of hydrogen-bond donors (Lipinski definition) is 2. The van der Waals surface area contributed by atoms with Gasteiger partial charge in [0, 0.05) is 17.4 Å². The molecule has 0 aliphatic carbocycles. The quantitative estimate of drug-likeness (QED) is 0.564. The number of rotatable bonds is 5. The highest BCUT2D eigenvalue weighted by molar-refractivity contribution is 6.68. The Morgan fingerprint density at radius 3 is 2.38 bits per heavy atom. The zero-order valence-corrected chi connectivity index (χ0v) is 15.1. The van der Waals surface area contributed by atoms with E-state index < -0.39 is 16.1 Å². The number of carbonyl (C=O) groups is 1. The van der Waals surface area contributed by atoms with Crippen LogP contribution in [0.2, 0.25) is 5.02 Å². The first-order valence-electron chi connectivity index (χ1n) is 6.62. The molecule has 128 valence electrons. The van der Waals surface area contributed by atoms with Gasteiger partial charge in [-0.2, -0.15) is 0 Å². The molecule has 1 heterocycles. The van der Waals surface area contributed by atoms with Crippen molar-refractivity contribution < 1.29 is 9.90 Å². The number of halogens is 4. The molecule has 2 N–H and O–H groups in total. The molecule has 0 saturated carbocycles. The molecule has 0 spiro atoms. The Bertz CT molecular complexity index is 697. The summed E-state index contributed by atoms with van der Waals surface area (Å²) in [4.78, 5) is 20.5. The lowest BCUT2D eigenvalue weighted by atomic mass is 10.2. The molecule has 10 heteroatoms. The molecule has 2 aromatic rings. The second-order valence-corrected chi connectivity index (χ2v) is 7.44.